The molecule has 0 spiro atoms. The second-order valence-corrected chi connectivity index (χ2v) is 7.19. The molecule has 2 rings (SSSR count). The molecule has 5 heteroatoms. The van der Waals surface area contributed by atoms with Crippen LogP contribution in [0.2, 0.25) is 0 Å². The first kappa shape index (κ1) is 15.3. The van der Waals surface area contributed by atoms with Gasteiger partial charge in [0.05, 0.1) is 5.69 Å². The van der Waals surface area contributed by atoms with E-state index in [1.165, 1.54) is 18.5 Å². The van der Waals surface area contributed by atoms with Gasteiger partial charge in [0.15, 0.2) is 10.8 Å². The van der Waals surface area contributed by atoms with Crippen molar-refractivity contribution in [2.75, 3.05) is 18.5 Å². The molecule has 1 N–H and O–H groups in total. The molecule has 4 nitrogen and oxygen atoms in total. The Labute approximate surface area is 125 Å². The topological polar surface area (TPSA) is 32.6 Å². The third-order valence-electron chi connectivity index (χ3n) is 3.33. The minimum absolute atomic E-state index is 0.111. The number of unbranched alkanes of at least 4 members (excludes halogenated alkanes) is 1. The van der Waals surface area contributed by atoms with Gasteiger partial charge < -0.3 is 10.2 Å². The highest BCUT2D eigenvalue weighted by molar-refractivity contribution is 7.15. The minimum atomic E-state index is 0.111. The summed E-state index contributed by atoms with van der Waals surface area (Å²) in [4.78, 5) is 8.15. The predicted molar refractivity (Wildman–Crippen MR) is 87.8 cm³/mol. The summed E-state index contributed by atoms with van der Waals surface area (Å²) in [6.45, 7) is 10.7. The van der Waals surface area contributed by atoms with Gasteiger partial charge in [-0.3, -0.25) is 4.40 Å². The van der Waals surface area contributed by atoms with Crippen LogP contribution in [-0.2, 0) is 6.54 Å². The van der Waals surface area contributed by atoms with Crippen molar-refractivity contribution in [3.8, 4) is 0 Å². The monoisotopic (exact) mass is 294 g/mol. The second kappa shape index (κ2) is 6.14. The summed E-state index contributed by atoms with van der Waals surface area (Å²) in [7, 11) is 2.14. The van der Waals surface area contributed by atoms with Gasteiger partial charge in [-0.15, -0.1) is 11.3 Å². The molecule has 2 heterocycles. The fraction of sp³-hybridized carbons (Fsp3) is 0.667. The number of rotatable bonds is 6. The van der Waals surface area contributed by atoms with E-state index >= 15 is 0 Å². The van der Waals surface area contributed by atoms with Crippen molar-refractivity contribution in [3.05, 3.63) is 17.3 Å². The summed E-state index contributed by atoms with van der Waals surface area (Å²) < 4.78 is 2.21. The normalized spacial score (nSPS) is 12.2. The average molecular weight is 294 g/mol. The summed E-state index contributed by atoms with van der Waals surface area (Å²) >= 11 is 1.69. The number of nitrogens with one attached hydrogen (secondary N) is 1. The van der Waals surface area contributed by atoms with Crippen molar-refractivity contribution in [1.29, 1.82) is 0 Å². The van der Waals surface area contributed by atoms with E-state index in [0.29, 0.717) is 0 Å². The van der Waals surface area contributed by atoms with E-state index in [2.05, 4.69) is 60.9 Å². The maximum absolute atomic E-state index is 4.79. The summed E-state index contributed by atoms with van der Waals surface area (Å²) in [6, 6.07) is 0. The van der Waals surface area contributed by atoms with Crippen LogP contribution < -0.4 is 10.2 Å². The van der Waals surface area contributed by atoms with Crippen LogP contribution in [0.1, 0.15) is 46.2 Å². The van der Waals surface area contributed by atoms with Gasteiger partial charge in [0, 0.05) is 37.3 Å². The van der Waals surface area contributed by atoms with Gasteiger partial charge in [0.25, 0.3) is 0 Å². The zero-order valence-electron chi connectivity index (χ0n) is 13.2. The van der Waals surface area contributed by atoms with Gasteiger partial charge in [-0.25, -0.2) is 4.98 Å². The molecule has 0 amide bonds. The summed E-state index contributed by atoms with van der Waals surface area (Å²) in [6.07, 6.45) is 4.53. The predicted octanol–water partition coefficient (Wildman–Crippen LogP) is 3.52. The van der Waals surface area contributed by atoms with Gasteiger partial charge in [-0.2, -0.15) is 0 Å². The van der Waals surface area contributed by atoms with E-state index in [9.17, 15) is 0 Å². The molecule has 20 heavy (non-hydrogen) atoms. The van der Waals surface area contributed by atoms with E-state index in [1.54, 1.807) is 11.3 Å². The zero-order chi connectivity index (χ0) is 14.8. The fourth-order valence-corrected chi connectivity index (χ4v) is 2.87. The van der Waals surface area contributed by atoms with E-state index in [0.717, 1.165) is 23.9 Å². The number of hydrogen-bond donors (Lipinski definition) is 1. The van der Waals surface area contributed by atoms with Gasteiger partial charge in [0.1, 0.15) is 0 Å². The summed E-state index contributed by atoms with van der Waals surface area (Å²) in [5.41, 5.74) is 1.37. The number of fused-ring (bicyclic) bond motifs is 1. The third kappa shape index (κ3) is 3.52. The van der Waals surface area contributed by atoms with Gasteiger partial charge in [-0.1, -0.05) is 13.3 Å². The highest BCUT2D eigenvalue weighted by Gasteiger charge is 2.18. The van der Waals surface area contributed by atoms with Crippen LogP contribution in [0.5, 0.6) is 0 Å². The second-order valence-electron chi connectivity index (χ2n) is 6.32. The highest BCUT2D eigenvalue weighted by Crippen LogP contribution is 2.24. The Morgan fingerprint density at radius 2 is 2.15 bits per heavy atom. The lowest BCUT2D eigenvalue weighted by Crippen LogP contribution is -2.36. The molecule has 112 valence electrons. The van der Waals surface area contributed by atoms with Crippen LogP contribution in [-0.4, -0.2) is 28.5 Å². The molecular weight excluding hydrogens is 268 g/mol. The van der Waals surface area contributed by atoms with Crippen molar-refractivity contribution < 1.29 is 0 Å². The first-order valence-electron chi connectivity index (χ1n) is 7.33. The maximum atomic E-state index is 4.79. The Bertz CT molecular complexity index is 550. The molecule has 0 radical (unpaired) electrons. The molecule has 0 saturated heterocycles. The third-order valence-corrected chi connectivity index (χ3v) is 4.09. The summed E-state index contributed by atoms with van der Waals surface area (Å²) in [5.74, 6) is 1.11. The molecule has 0 fully saturated rings. The molecule has 0 aliphatic carbocycles. The molecule has 2 aromatic heterocycles. The molecule has 0 aromatic carbocycles. The number of hydrogen-bond acceptors (Lipinski definition) is 4. The van der Waals surface area contributed by atoms with Gasteiger partial charge in [-0.05, 0) is 27.2 Å². The van der Waals surface area contributed by atoms with Crippen LogP contribution in [0.25, 0.3) is 4.96 Å². The molecule has 0 atom stereocenters. The quantitative estimate of drug-likeness (QED) is 0.885. The zero-order valence-corrected chi connectivity index (χ0v) is 14.0. The molecule has 2 aromatic rings. The molecule has 0 bridgehead atoms. The fourth-order valence-electron chi connectivity index (χ4n) is 2.14. The van der Waals surface area contributed by atoms with Crippen molar-refractivity contribution in [2.24, 2.45) is 0 Å². The SMILES string of the molecule is CCCCN(C)c1nc2sccn2c1CNC(C)(C)C. The van der Waals surface area contributed by atoms with Gasteiger partial charge >= 0.3 is 0 Å². The molecular formula is C15H26N4S. The van der Waals surface area contributed by atoms with Gasteiger partial charge in [0.2, 0.25) is 0 Å². The van der Waals surface area contributed by atoms with E-state index < -0.39 is 0 Å². The van der Waals surface area contributed by atoms with Crippen molar-refractivity contribution in [1.82, 2.24) is 14.7 Å². The molecule has 0 aliphatic rings. The van der Waals surface area contributed by atoms with E-state index in [1.807, 2.05) is 0 Å². The van der Waals surface area contributed by atoms with Crippen LogP contribution in [0.4, 0.5) is 5.82 Å². The Morgan fingerprint density at radius 3 is 2.80 bits per heavy atom. The molecule has 0 unspecified atom stereocenters. The summed E-state index contributed by atoms with van der Waals surface area (Å²) in [5, 5.41) is 5.67. The Morgan fingerprint density at radius 1 is 1.40 bits per heavy atom. The number of anilines is 1. The van der Waals surface area contributed by atoms with Crippen LogP contribution >= 0.6 is 11.3 Å². The van der Waals surface area contributed by atoms with E-state index in [4.69, 9.17) is 4.98 Å². The number of imidazole rings is 1. The van der Waals surface area contributed by atoms with Crippen molar-refractivity contribution >= 4 is 22.1 Å². The first-order chi connectivity index (χ1) is 9.42. The largest absolute Gasteiger partial charge is 0.358 e. The number of nitrogens with zero attached hydrogens (tertiary/aromatic N) is 3. The van der Waals surface area contributed by atoms with Crippen LogP contribution in [0.3, 0.4) is 0 Å². The Kier molecular flexibility index (Phi) is 4.70. The van der Waals surface area contributed by atoms with Crippen molar-refractivity contribution in [2.45, 2.75) is 52.6 Å². The average Bonchev–Trinajstić information content (AvgIpc) is 2.92. The molecule has 0 aliphatic heterocycles. The van der Waals surface area contributed by atoms with E-state index in [-0.39, 0.29) is 5.54 Å². The maximum Gasteiger partial charge on any atom is 0.195 e. The molecule has 0 saturated carbocycles. The number of aromatic nitrogens is 2. The standard InChI is InChI=1S/C15H26N4S/c1-6-7-8-18(5)13-12(11-16-15(2,3)4)19-9-10-20-14(19)17-13/h9-10,16H,6-8,11H2,1-5H3. The minimum Gasteiger partial charge on any atom is -0.358 e. The lowest BCUT2D eigenvalue weighted by Gasteiger charge is -2.23. The van der Waals surface area contributed by atoms with Crippen LogP contribution in [0.15, 0.2) is 11.6 Å². The number of thiazole rings is 1. The Hall–Kier alpha value is -1.07. The highest BCUT2D eigenvalue weighted by atomic mass is 32.1. The van der Waals surface area contributed by atoms with Crippen molar-refractivity contribution in [3.63, 3.8) is 0 Å². The van der Waals surface area contributed by atoms with Crippen LogP contribution in [0, 0.1) is 0 Å². The smallest absolute Gasteiger partial charge is 0.195 e. The lowest BCUT2D eigenvalue weighted by molar-refractivity contribution is 0.420. The Balaban J connectivity index is 2.26. The first-order valence-corrected chi connectivity index (χ1v) is 8.21. The lowest BCUT2D eigenvalue weighted by atomic mass is 10.1.